The number of rotatable bonds is 5. The van der Waals surface area contributed by atoms with Crippen LogP contribution >= 0.6 is 23.4 Å². The van der Waals surface area contributed by atoms with E-state index in [1.807, 2.05) is 30.3 Å². The summed E-state index contributed by atoms with van der Waals surface area (Å²) in [5.41, 5.74) is 8.38. The molecule has 20 heavy (non-hydrogen) atoms. The monoisotopic (exact) mass is 307 g/mol. The molecule has 3 N–H and O–H groups in total. The van der Waals surface area contributed by atoms with Crippen LogP contribution < -0.4 is 5.73 Å². The topological polar surface area (TPSA) is 63.3 Å². The molecule has 2 rings (SSSR count). The average molecular weight is 308 g/mol. The standard InChI is InChI=1S/C15H14ClNO2S/c16-12-5-6-14(13(17)8-12)20-9-11-4-2-1-3-10(11)7-15(18)19/h1-6,8H,7,9,17H2,(H,18,19). The number of hydrogen-bond donors (Lipinski definition) is 2. The molecule has 0 bridgehead atoms. The highest BCUT2D eigenvalue weighted by Crippen LogP contribution is 2.31. The van der Waals surface area contributed by atoms with Crippen molar-refractivity contribution in [3.05, 3.63) is 58.6 Å². The van der Waals surface area contributed by atoms with Crippen LogP contribution in [0.15, 0.2) is 47.4 Å². The van der Waals surface area contributed by atoms with Crippen molar-refractivity contribution in [3.63, 3.8) is 0 Å². The van der Waals surface area contributed by atoms with Gasteiger partial charge in [0.2, 0.25) is 0 Å². The van der Waals surface area contributed by atoms with Gasteiger partial charge in [-0.1, -0.05) is 35.9 Å². The van der Waals surface area contributed by atoms with Gasteiger partial charge in [0.15, 0.2) is 0 Å². The fourth-order valence-electron chi connectivity index (χ4n) is 1.84. The van der Waals surface area contributed by atoms with Gasteiger partial charge in [-0.2, -0.15) is 0 Å². The second-order valence-electron chi connectivity index (χ2n) is 4.31. The van der Waals surface area contributed by atoms with Crippen LogP contribution in [0.1, 0.15) is 11.1 Å². The first-order chi connectivity index (χ1) is 9.56. The minimum absolute atomic E-state index is 0.0346. The van der Waals surface area contributed by atoms with Crippen molar-refractivity contribution >= 4 is 35.0 Å². The van der Waals surface area contributed by atoms with Crippen LogP contribution in [0.2, 0.25) is 5.02 Å². The number of hydrogen-bond acceptors (Lipinski definition) is 3. The molecule has 0 aliphatic rings. The van der Waals surface area contributed by atoms with E-state index >= 15 is 0 Å². The highest BCUT2D eigenvalue weighted by atomic mass is 35.5. The van der Waals surface area contributed by atoms with E-state index in [4.69, 9.17) is 22.4 Å². The van der Waals surface area contributed by atoms with Crippen molar-refractivity contribution in [3.8, 4) is 0 Å². The second-order valence-corrected chi connectivity index (χ2v) is 5.76. The van der Waals surface area contributed by atoms with Crippen molar-refractivity contribution in [1.29, 1.82) is 0 Å². The number of anilines is 1. The Kier molecular flexibility index (Phi) is 4.93. The third-order valence-corrected chi connectivity index (χ3v) is 4.19. The van der Waals surface area contributed by atoms with Gasteiger partial charge in [0.1, 0.15) is 0 Å². The average Bonchev–Trinajstić information content (AvgIpc) is 2.39. The van der Waals surface area contributed by atoms with Crippen LogP contribution in [0.3, 0.4) is 0 Å². The van der Waals surface area contributed by atoms with Crippen LogP contribution in [0.25, 0.3) is 0 Å². The maximum absolute atomic E-state index is 10.8. The zero-order chi connectivity index (χ0) is 14.5. The van der Waals surface area contributed by atoms with Crippen LogP contribution in [-0.2, 0) is 17.0 Å². The van der Waals surface area contributed by atoms with Crippen LogP contribution in [0, 0.1) is 0 Å². The number of carboxylic acids is 1. The van der Waals surface area contributed by atoms with E-state index in [1.165, 1.54) is 0 Å². The number of carboxylic acid groups (broad SMARTS) is 1. The van der Waals surface area contributed by atoms with Gasteiger partial charge in [-0.25, -0.2) is 0 Å². The molecule has 2 aromatic carbocycles. The van der Waals surface area contributed by atoms with Crippen molar-refractivity contribution in [2.45, 2.75) is 17.1 Å². The minimum atomic E-state index is -0.826. The van der Waals surface area contributed by atoms with E-state index in [0.717, 1.165) is 16.0 Å². The first-order valence-corrected chi connectivity index (χ1v) is 7.39. The number of nitrogens with two attached hydrogens (primary N) is 1. The molecule has 0 amide bonds. The van der Waals surface area contributed by atoms with Gasteiger partial charge in [0.05, 0.1) is 6.42 Å². The number of halogens is 1. The maximum Gasteiger partial charge on any atom is 0.307 e. The number of carbonyl (C=O) groups is 1. The predicted octanol–water partition coefficient (Wildman–Crippen LogP) is 3.84. The number of benzene rings is 2. The molecule has 5 heteroatoms. The fraction of sp³-hybridized carbons (Fsp3) is 0.133. The lowest BCUT2D eigenvalue weighted by Crippen LogP contribution is -2.03. The largest absolute Gasteiger partial charge is 0.481 e. The Morgan fingerprint density at radius 1 is 1.20 bits per heavy atom. The molecule has 0 unspecified atom stereocenters. The van der Waals surface area contributed by atoms with Crippen molar-refractivity contribution in [2.75, 3.05) is 5.73 Å². The van der Waals surface area contributed by atoms with Gasteiger partial charge >= 0.3 is 5.97 Å². The summed E-state index contributed by atoms with van der Waals surface area (Å²) in [6.45, 7) is 0. The van der Waals surface area contributed by atoms with E-state index in [-0.39, 0.29) is 6.42 Å². The molecule has 0 saturated carbocycles. The first kappa shape index (κ1) is 14.8. The second kappa shape index (κ2) is 6.68. The Balaban J connectivity index is 2.12. The Bertz CT molecular complexity index is 631. The van der Waals surface area contributed by atoms with Gasteiger partial charge in [-0.3, -0.25) is 4.79 Å². The molecule has 0 heterocycles. The van der Waals surface area contributed by atoms with Crippen LogP contribution in [0.5, 0.6) is 0 Å². The van der Waals surface area contributed by atoms with Gasteiger partial charge in [-0.15, -0.1) is 11.8 Å². The molecule has 0 spiro atoms. The smallest absolute Gasteiger partial charge is 0.307 e. The Morgan fingerprint density at radius 2 is 1.90 bits per heavy atom. The molecule has 104 valence electrons. The highest BCUT2D eigenvalue weighted by Gasteiger charge is 2.08. The summed E-state index contributed by atoms with van der Waals surface area (Å²) < 4.78 is 0. The lowest BCUT2D eigenvalue weighted by atomic mass is 10.1. The Morgan fingerprint density at radius 3 is 2.55 bits per heavy atom. The molecule has 2 aromatic rings. The quantitative estimate of drug-likeness (QED) is 0.650. The summed E-state index contributed by atoms with van der Waals surface area (Å²) in [5.74, 6) is -0.150. The Hall–Kier alpha value is -1.65. The van der Waals surface area contributed by atoms with Gasteiger partial charge in [0.25, 0.3) is 0 Å². The van der Waals surface area contributed by atoms with E-state index in [9.17, 15) is 4.79 Å². The van der Waals surface area contributed by atoms with Crippen molar-refractivity contribution in [1.82, 2.24) is 0 Å². The SMILES string of the molecule is Nc1cc(Cl)ccc1SCc1ccccc1CC(=O)O. The molecule has 0 aliphatic carbocycles. The summed E-state index contributed by atoms with van der Waals surface area (Å²) >= 11 is 7.44. The fourth-order valence-corrected chi connectivity index (χ4v) is 3.00. The lowest BCUT2D eigenvalue weighted by molar-refractivity contribution is -0.136. The zero-order valence-corrected chi connectivity index (χ0v) is 12.2. The van der Waals surface area contributed by atoms with Crippen LogP contribution in [-0.4, -0.2) is 11.1 Å². The van der Waals surface area contributed by atoms with Crippen molar-refractivity contribution < 1.29 is 9.90 Å². The van der Waals surface area contributed by atoms with E-state index < -0.39 is 5.97 Å². The van der Waals surface area contributed by atoms with Gasteiger partial charge < -0.3 is 10.8 Å². The third-order valence-electron chi connectivity index (χ3n) is 2.82. The highest BCUT2D eigenvalue weighted by molar-refractivity contribution is 7.98. The molecular formula is C15H14ClNO2S. The first-order valence-electron chi connectivity index (χ1n) is 6.02. The van der Waals surface area contributed by atoms with E-state index in [1.54, 1.807) is 23.9 Å². The maximum atomic E-state index is 10.8. The number of nitrogen functional groups attached to an aromatic ring is 1. The third kappa shape index (κ3) is 3.92. The zero-order valence-electron chi connectivity index (χ0n) is 10.7. The predicted molar refractivity (Wildman–Crippen MR) is 83.2 cm³/mol. The van der Waals surface area contributed by atoms with Gasteiger partial charge in [0, 0.05) is 21.4 Å². The van der Waals surface area contributed by atoms with E-state index in [2.05, 4.69) is 0 Å². The molecule has 0 aliphatic heterocycles. The summed E-state index contributed by atoms with van der Waals surface area (Å²) in [6, 6.07) is 12.9. The number of aliphatic carboxylic acids is 1. The Labute approximate surface area is 126 Å². The number of thioether (sulfide) groups is 1. The normalized spacial score (nSPS) is 10.4. The summed E-state index contributed by atoms with van der Waals surface area (Å²) in [4.78, 5) is 11.8. The molecule has 3 nitrogen and oxygen atoms in total. The summed E-state index contributed by atoms with van der Waals surface area (Å²) in [5, 5.41) is 9.52. The lowest BCUT2D eigenvalue weighted by Gasteiger charge is -2.09. The van der Waals surface area contributed by atoms with Gasteiger partial charge in [-0.05, 0) is 29.3 Å². The molecule has 0 fully saturated rings. The molecular weight excluding hydrogens is 294 g/mol. The molecule has 0 saturated heterocycles. The van der Waals surface area contributed by atoms with Crippen LogP contribution in [0.4, 0.5) is 5.69 Å². The molecule has 0 aromatic heterocycles. The van der Waals surface area contributed by atoms with Crippen molar-refractivity contribution in [2.24, 2.45) is 0 Å². The minimum Gasteiger partial charge on any atom is -0.481 e. The molecule has 0 atom stereocenters. The molecule has 0 radical (unpaired) electrons. The van der Waals surface area contributed by atoms with E-state index in [0.29, 0.717) is 16.5 Å². The summed E-state index contributed by atoms with van der Waals surface area (Å²) in [7, 11) is 0. The summed E-state index contributed by atoms with van der Waals surface area (Å²) in [6.07, 6.45) is 0.0346.